The van der Waals surface area contributed by atoms with E-state index in [0.717, 1.165) is 42.6 Å². The van der Waals surface area contributed by atoms with Crippen molar-refractivity contribution in [1.29, 1.82) is 0 Å². The van der Waals surface area contributed by atoms with Gasteiger partial charge < -0.3 is 24.3 Å². The number of rotatable bonds is 5. The molecule has 0 unspecified atom stereocenters. The van der Waals surface area contributed by atoms with Gasteiger partial charge in [0.25, 0.3) is 0 Å². The van der Waals surface area contributed by atoms with Crippen molar-refractivity contribution < 1.29 is 9.53 Å². The lowest BCUT2D eigenvalue weighted by Crippen LogP contribution is -2.56. The minimum atomic E-state index is -0.884. The summed E-state index contributed by atoms with van der Waals surface area (Å²) in [5.41, 5.74) is 8.99. The average molecular weight is 598 g/mol. The highest BCUT2D eigenvalue weighted by molar-refractivity contribution is 6.35. The van der Waals surface area contributed by atoms with Gasteiger partial charge in [-0.3, -0.25) is 15.8 Å². The predicted octanol–water partition coefficient (Wildman–Crippen LogP) is 3.25. The first-order chi connectivity index (χ1) is 19.9. The number of nitrogens with zero attached hydrogens (tertiary/aromatic N) is 8. The topological polar surface area (TPSA) is 133 Å². The summed E-state index contributed by atoms with van der Waals surface area (Å²) in [6, 6.07) is 5.63. The molecule has 214 valence electrons. The van der Waals surface area contributed by atoms with E-state index < -0.39 is 6.23 Å². The number of fused-ring (bicyclic) bond motifs is 1. The molecule has 1 atom stereocenters. The van der Waals surface area contributed by atoms with Gasteiger partial charge in [0.05, 0.1) is 15.6 Å². The Morgan fingerprint density at radius 1 is 0.951 bits per heavy atom. The normalized spacial score (nSPS) is 17.2. The number of ether oxygens (including phenoxy) is 1. The molecular formula is C27H30Cl2N10O2. The molecule has 2 amide bonds. The summed E-state index contributed by atoms with van der Waals surface area (Å²) in [7, 11) is 2.08. The van der Waals surface area contributed by atoms with Gasteiger partial charge in [-0.2, -0.15) is 5.10 Å². The summed E-state index contributed by atoms with van der Waals surface area (Å²) in [4.78, 5) is 34.3. The van der Waals surface area contributed by atoms with Crippen LogP contribution in [0, 0.1) is 0 Å². The van der Waals surface area contributed by atoms with Crippen molar-refractivity contribution in [2.45, 2.75) is 6.23 Å². The van der Waals surface area contributed by atoms with Gasteiger partial charge in [-0.15, -0.1) is 0 Å². The second kappa shape index (κ2) is 11.6. The van der Waals surface area contributed by atoms with Crippen LogP contribution in [-0.2, 0) is 0 Å². The van der Waals surface area contributed by atoms with Gasteiger partial charge in [0.1, 0.15) is 11.4 Å². The first-order valence-electron chi connectivity index (χ1n) is 13.4. The molecule has 0 spiro atoms. The molecule has 3 aromatic heterocycles. The van der Waals surface area contributed by atoms with Crippen LogP contribution in [-0.4, -0.2) is 105 Å². The van der Waals surface area contributed by atoms with Crippen LogP contribution in [0.5, 0.6) is 5.75 Å². The molecule has 1 aromatic carbocycles. The Hall–Kier alpha value is -3.71. The summed E-state index contributed by atoms with van der Waals surface area (Å²) in [6.07, 6.45) is 5.58. The number of aromatic amines is 1. The number of hydrogen-bond acceptors (Lipinski definition) is 9. The summed E-state index contributed by atoms with van der Waals surface area (Å²) in [5, 5.41) is 9.01. The quantitative estimate of drug-likeness (QED) is 0.333. The molecule has 2 aliphatic heterocycles. The molecule has 0 saturated carbocycles. The number of carbonyl (C=O) groups is 1. The van der Waals surface area contributed by atoms with Crippen molar-refractivity contribution in [3.8, 4) is 17.0 Å². The number of anilines is 1. The maximum atomic E-state index is 12.9. The van der Waals surface area contributed by atoms with Gasteiger partial charge in [-0.25, -0.2) is 14.8 Å². The van der Waals surface area contributed by atoms with Crippen molar-refractivity contribution in [2.75, 3.05) is 64.3 Å². The number of urea groups is 1. The number of benzene rings is 1. The van der Waals surface area contributed by atoms with Gasteiger partial charge in [0.2, 0.25) is 5.95 Å². The van der Waals surface area contributed by atoms with E-state index >= 15 is 0 Å². The van der Waals surface area contributed by atoms with E-state index in [1.165, 1.54) is 12.4 Å². The molecule has 3 N–H and O–H groups in total. The monoisotopic (exact) mass is 596 g/mol. The van der Waals surface area contributed by atoms with Crippen LogP contribution in [0.15, 0.2) is 43.0 Å². The molecule has 2 aliphatic rings. The maximum Gasteiger partial charge on any atom is 0.320 e. The van der Waals surface area contributed by atoms with Crippen molar-refractivity contribution in [2.24, 2.45) is 5.73 Å². The van der Waals surface area contributed by atoms with E-state index in [-0.39, 0.29) is 6.03 Å². The zero-order valence-corrected chi connectivity index (χ0v) is 24.0. The van der Waals surface area contributed by atoms with E-state index in [2.05, 4.69) is 42.0 Å². The highest BCUT2D eigenvalue weighted by Crippen LogP contribution is 2.33. The smallest absolute Gasteiger partial charge is 0.320 e. The van der Waals surface area contributed by atoms with Crippen LogP contribution in [0.4, 0.5) is 10.7 Å². The van der Waals surface area contributed by atoms with E-state index in [1.54, 1.807) is 18.5 Å². The number of nitrogens with one attached hydrogen (secondary N) is 1. The number of carbonyl (C=O) groups excluding carboxylic acids is 1. The Labute approximate surface area is 247 Å². The minimum absolute atomic E-state index is 0.121. The van der Waals surface area contributed by atoms with Crippen molar-refractivity contribution in [3.05, 3.63) is 58.6 Å². The Kier molecular flexibility index (Phi) is 7.80. The fraction of sp³-hybridized carbons (Fsp3) is 0.370. The lowest BCUT2D eigenvalue weighted by atomic mass is 10.1. The van der Waals surface area contributed by atoms with Gasteiger partial charge >= 0.3 is 6.03 Å². The first-order valence-corrected chi connectivity index (χ1v) is 14.1. The maximum absolute atomic E-state index is 12.9. The Morgan fingerprint density at radius 3 is 2.24 bits per heavy atom. The van der Waals surface area contributed by atoms with Crippen LogP contribution in [0.25, 0.3) is 22.2 Å². The molecule has 2 saturated heterocycles. The van der Waals surface area contributed by atoms with Crippen LogP contribution in [0.2, 0.25) is 10.0 Å². The van der Waals surface area contributed by atoms with Crippen LogP contribution < -0.4 is 15.4 Å². The van der Waals surface area contributed by atoms with Crippen molar-refractivity contribution >= 4 is 46.1 Å². The number of H-pyrrole nitrogens is 1. The third-order valence-corrected chi connectivity index (χ3v) is 8.09. The van der Waals surface area contributed by atoms with E-state index in [0.29, 0.717) is 59.2 Å². The Balaban J connectivity index is 1.12. The largest absolute Gasteiger partial charge is 0.471 e. The van der Waals surface area contributed by atoms with E-state index in [1.807, 2.05) is 21.9 Å². The number of aromatic nitrogens is 5. The second-order valence-electron chi connectivity index (χ2n) is 10.2. The summed E-state index contributed by atoms with van der Waals surface area (Å²) < 4.78 is 5.97. The Bertz CT molecular complexity index is 1510. The van der Waals surface area contributed by atoms with Gasteiger partial charge in [-0.1, -0.05) is 23.2 Å². The number of hydrogen-bond donors (Lipinski definition) is 2. The molecule has 6 rings (SSSR count). The van der Waals surface area contributed by atoms with Gasteiger partial charge in [0.15, 0.2) is 6.23 Å². The summed E-state index contributed by atoms with van der Waals surface area (Å²) >= 11 is 12.5. The third kappa shape index (κ3) is 5.73. The third-order valence-electron chi connectivity index (χ3n) is 7.49. The van der Waals surface area contributed by atoms with E-state index in [9.17, 15) is 4.79 Å². The predicted molar refractivity (Wildman–Crippen MR) is 157 cm³/mol. The van der Waals surface area contributed by atoms with Crippen LogP contribution in [0.1, 0.15) is 11.8 Å². The molecule has 2 fully saturated rings. The number of halogens is 2. The average Bonchev–Trinajstić information content (AvgIpc) is 3.41. The van der Waals surface area contributed by atoms with Gasteiger partial charge in [-0.05, 0) is 25.2 Å². The fourth-order valence-corrected chi connectivity index (χ4v) is 5.67. The van der Waals surface area contributed by atoms with Gasteiger partial charge in [0, 0.05) is 93.7 Å². The van der Waals surface area contributed by atoms with Crippen molar-refractivity contribution in [3.63, 3.8) is 0 Å². The minimum Gasteiger partial charge on any atom is -0.471 e. The zero-order valence-electron chi connectivity index (χ0n) is 22.5. The summed E-state index contributed by atoms with van der Waals surface area (Å²) in [6.45, 7) is 6.00. The number of piperazine rings is 2. The lowest BCUT2D eigenvalue weighted by Gasteiger charge is -2.39. The highest BCUT2D eigenvalue weighted by atomic mass is 35.5. The van der Waals surface area contributed by atoms with E-state index in [4.69, 9.17) is 33.7 Å². The second-order valence-corrected chi connectivity index (χ2v) is 11.0. The standard InChI is InChI=1S/C27H30Cl2N10O2/c1-36-4-6-38(7-5-36)27(40)39-10-8-37(9-11-39)26-32-13-17(14-33-26)24-19-12-18(2-3-22(19)34-35-24)41-25(30)23-20(28)15-31-16-21(23)29/h2-3,12-16,25H,4-11,30H2,1H3,(H,34,35)/t25-/m0/s1. The molecule has 5 heterocycles. The zero-order chi connectivity index (χ0) is 28.5. The van der Waals surface area contributed by atoms with Crippen LogP contribution in [0.3, 0.4) is 0 Å². The molecule has 4 aromatic rings. The lowest BCUT2D eigenvalue weighted by molar-refractivity contribution is 0.120. The number of amides is 2. The number of likely N-dealkylation sites (N-methyl/N-ethyl adjacent to an activating group) is 1. The van der Waals surface area contributed by atoms with Crippen molar-refractivity contribution in [1.82, 2.24) is 39.8 Å². The highest BCUT2D eigenvalue weighted by Gasteiger charge is 2.28. The molecule has 41 heavy (non-hydrogen) atoms. The Morgan fingerprint density at radius 2 is 1.59 bits per heavy atom. The summed E-state index contributed by atoms with van der Waals surface area (Å²) in [5.74, 6) is 1.15. The number of pyridine rings is 1. The fourth-order valence-electron chi connectivity index (χ4n) is 5.09. The van der Waals surface area contributed by atoms with Crippen LogP contribution >= 0.6 is 23.2 Å². The molecule has 0 aliphatic carbocycles. The molecule has 0 radical (unpaired) electrons. The molecule has 0 bridgehead atoms. The number of nitrogens with two attached hydrogens (primary N) is 1. The molecular weight excluding hydrogens is 567 g/mol. The first kappa shape index (κ1) is 27.5. The molecule has 14 heteroatoms. The SMILES string of the molecule is CN1CCN(C(=O)N2CCN(c3ncc(-c4n[nH]c5ccc(O[C@H](N)c6c(Cl)cncc6Cl)cc45)cn3)CC2)CC1. The molecule has 12 nitrogen and oxygen atoms in total.